The van der Waals surface area contributed by atoms with Crippen molar-refractivity contribution in [3.8, 4) is 5.75 Å². The molecule has 0 amide bonds. The van der Waals surface area contributed by atoms with E-state index in [4.69, 9.17) is 9.47 Å². The summed E-state index contributed by atoms with van der Waals surface area (Å²) in [7, 11) is 0. The lowest BCUT2D eigenvalue weighted by Gasteiger charge is -2.50. The largest absolute Gasteiger partial charge is 0.487 e. The van der Waals surface area contributed by atoms with Gasteiger partial charge >= 0.3 is 0 Å². The summed E-state index contributed by atoms with van der Waals surface area (Å²) in [4.78, 5) is 0. The highest BCUT2D eigenvalue weighted by molar-refractivity contribution is 5.39. The first-order valence-corrected chi connectivity index (χ1v) is 6.40. The smallest absolute Gasteiger partial charge is 0.126 e. The van der Waals surface area contributed by atoms with E-state index in [1.165, 1.54) is 12.1 Å². The van der Waals surface area contributed by atoms with Gasteiger partial charge in [-0.15, -0.1) is 0 Å². The van der Waals surface area contributed by atoms with Gasteiger partial charge in [-0.2, -0.15) is 0 Å². The fraction of sp³-hybridized carbons (Fsp3) is 0.571. The van der Waals surface area contributed by atoms with Gasteiger partial charge in [-0.05, 0) is 25.1 Å². The Bertz CT molecular complexity index is 454. The zero-order chi connectivity index (χ0) is 12.8. The number of fused-ring (bicyclic) bond motifs is 1. The van der Waals surface area contributed by atoms with Gasteiger partial charge < -0.3 is 14.6 Å². The molecule has 1 aromatic rings. The molecule has 0 saturated heterocycles. The number of hydrogen-bond donors (Lipinski definition) is 1. The molecule has 0 bridgehead atoms. The molecule has 1 aliphatic carbocycles. The van der Waals surface area contributed by atoms with Crippen molar-refractivity contribution in [3.63, 3.8) is 0 Å². The summed E-state index contributed by atoms with van der Waals surface area (Å²) in [5.41, 5.74) is 0.241. The monoisotopic (exact) mass is 252 g/mol. The first-order valence-electron chi connectivity index (χ1n) is 6.40. The molecule has 1 spiro atoms. The maximum absolute atomic E-state index is 13.1. The van der Waals surface area contributed by atoms with Crippen molar-refractivity contribution in [1.29, 1.82) is 0 Å². The minimum absolute atomic E-state index is 0.226. The Labute approximate surface area is 106 Å². The van der Waals surface area contributed by atoms with Crippen LogP contribution in [-0.4, -0.2) is 23.4 Å². The summed E-state index contributed by atoms with van der Waals surface area (Å²) in [6, 6.07) is 4.32. The lowest BCUT2D eigenvalue weighted by Crippen LogP contribution is -2.55. The SMILES string of the molecule is CCOC1CC2(C1)CC(O)c1cc(F)ccc1O2. The van der Waals surface area contributed by atoms with Crippen LogP contribution in [0.4, 0.5) is 4.39 Å². The third kappa shape index (κ3) is 1.89. The molecule has 0 aromatic heterocycles. The van der Waals surface area contributed by atoms with Crippen molar-refractivity contribution in [2.24, 2.45) is 0 Å². The van der Waals surface area contributed by atoms with Crippen molar-refractivity contribution in [2.75, 3.05) is 6.61 Å². The topological polar surface area (TPSA) is 38.7 Å². The van der Waals surface area contributed by atoms with Gasteiger partial charge in [0.25, 0.3) is 0 Å². The molecular formula is C14H17FO3. The van der Waals surface area contributed by atoms with E-state index in [9.17, 15) is 9.50 Å². The zero-order valence-corrected chi connectivity index (χ0v) is 10.4. The predicted octanol–water partition coefficient (Wildman–Crippen LogP) is 2.58. The second kappa shape index (κ2) is 4.21. The Morgan fingerprint density at radius 1 is 1.44 bits per heavy atom. The summed E-state index contributed by atoms with van der Waals surface area (Å²) in [6.45, 7) is 2.67. The van der Waals surface area contributed by atoms with E-state index in [2.05, 4.69) is 0 Å². The Kier molecular flexibility index (Phi) is 2.79. The van der Waals surface area contributed by atoms with E-state index in [1.807, 2.05) is 6.92 Å². The number of ether oxygens (including phenoxy) is 2. The standard InChI is InChI=1S/C14H17FO3/c1-2-17-10-6-14(7-10)8-12(16)11-5-9(15)3-4-13(11)18-14/h3-5,10,12,16H,2,6-8H2,1H3. The fourth-order valence-electron chi connectivity index (χ4n) is 2.98. The van der Waals surface area contributed by atoms with Crippen molar-refractivity contribution in [1.82, 2.24) is 0 Å². The first-order chi connectivity index (χ1) is 8.62. The quantitative estimate of drug-likeness (QED) is 0.879. The molecule has 1 fully saturated rings. The van der Waals surface area contributed by atoms with Crippen LogP contribution in [0.15, 0.2) is 18.2 Å². The molecule has 18 heavy (non-hydrogen) atoms. The number of aliphatic hydroxyl groups is 1. The molecule has 1 heterocycles. The number of halogens is 1. The summed E-state index contributed by atoms with van der Waals surface area (Å²) < 4.78 is 24.6. The number of aliphatic hydroxyl groups excluding tert-OH is 1. The van der Waals surface area contributed by atoms with Crippen LogP contribution in [0, 0.1) is 5.82 Å². The van der Waals surface area contributed by atoms with Gasteiger partial charge in [0.1, 0.15) is 17.2 Å². The third-order valence-electron chi connectivity index (χ3n) is 3.82. The molecule has 1 aromatic carbocycles. The van der Waals surface area contributed by atoms with Crippen molar-refractivity contribution >= 4 is 0 Å². The molecule has 98 valence electrons. The summed E-state index contributed by atoms with van der Waals surface area (Å²) in [5.74, 6) is 0.262. The Morgan fingerprint density at radius 3 is 2.94 bits per heavy atom. The van der Waals surface area contributed by atoms with Gasteiger partial charge in [0.05, 0.1) is 12.2 Å². The molecule has 3 nitrogen and oxygen atoms in total. The van der Waals surface area contributed by atoms with Crippen molar-refractivity contribution < 1.29 is 19.0 Å². The van der Waals surface area contributed by atoms with E-state index in [-0.39, 0.29) is 17.5 Å². The predicted molar refractivity (Wildman–Crippen MR) is 64.0 cm³/mol. The van der Waals surface area contributed by atoms with E-state index < -0.39 is 6.10 Å². The van der Waals surface area contributed by atoms with Crippen LogP contribution in [0.1, 0.15) is 37.9 Å². The molecule has 1 aliphatic heterocycles. The highest BCUT2D eigenvalue weighted by Gasteiger charge is 2.51. The molecular weight excluding hydrogens is 235 g/mol. The van der Waals surface area contributed by atoms with Gasteiger partial charge in [-0.1, -0.05) is 0 Å². The Balaban J connectivity index is 1.79. The number of hydrogen-bond acceptors (Lipinski definition) is 3. The van der Waals surface area contributed by atoms with Crippen LogP contribution >= 0.6 is 0 Å². The lowest BCUT2D eigenvalue weighted by atomic mass is 9.71. The Hall–Kier alpha value is -1.13. The van der Waals surface area contributed by atoms with Crippen LogP contribution in [0.5, 0.6) is 5.75 Å². The van der Waals surface area contributed by atoms with Crippen LogP contribution in [0.2, 0.25) is 0 Å². The molecule has 1 N–H and O–H groups in total. The molecule has 4 heteroatoms. The molecule has 2 aliphatic rings. The summed E-state index contributed by atoms with van der Waals surface area (Å²) >= 11 is 0. The van der Waals surface area contributed by atoms with Crippen LogP contribution in [-0.2, 0) is 4.74 Å². The highest BCUT2D eigenvalue weighted by atomic mass is 19.1. The molecule has 3 rings (SSSR count). The fourth-order valence-corrected chi connectivity index (χ4v) is 2.98. The van der Waals surface area contributed by atoms with Gasteiger partial charge in [0.15, 0.2) is 0 Å². The third-order valence-corrected chi connectivity index (χ3v) is 3.82. The van der Waals surface area contributed by atoms with Crippen molar-refractivity contribution in [3.05, 3.63) is 29.6 Å². The summed E-state index contributed by atoms with van der Waals surface area (Å²) in [5, 5.41) is 10.1. The minimum atomic E-state index is -0.646. The van der Waals surface area contributed by atoms with Crippen LogP contribution in [0.3, 0.4) is 0 Å². The lowest BCUT2D eigenvalue weighted by molar-refractivity contribution is -0.147. The van der Waals surface area contributed by atoms with Gasteiger partial charge in [0, 0.05) is 31.4 Å². The number of rotatable bonds is 2. The average molecular weight is 252 g/mol. The maximum atomic E-state index is 13.1. The molecule has 1 atom stereocenters. The maximum Gasteiger partial charge on any atom is 0.126 e. The normalized spacial score (nSPS) is 33.7. The summed E-state index contributed by atoms with van der Waals surface area (Å²) in [6.07, 6.45) is 1.70. The molecule has 1 saturated carbocycles. The van der Waals surface area contributed by atoms with Gasteiger partial charge in [-0.25, -0.2) is 4.39 Å². The van der Waals surface area contributed by atoms with Crippen molar-refractivity contribution in [2.45, 2.75) is 44.0 Å². The van der Waals surface area contributed by atoms with Gasteiger partial charge in [-0.3, -0.25) is 0 Å². The van der Waals surface area contributed by atoms with Crippen LogP contribution in [0.25, 0.3) is 0 Å². The second-order valence-electron chi connectivity index (χ2n) is 5.17. The molecule has 1 unspecified atom stereocenters. The Morgan fingerprint density at radius 2 is 2.22 bits per heavy atom. The highest BCUT2D eigenvalue weighted by Crippen LogP contribution is 2.49. The van der Waals surface area contributed by atoms with E-state index >= 15 is 0 Å². The zero-order valence-electron chi connectivity index (χ0n) is 10.4. The van der Waals surface area contributed by atoms with E-state index in [0.29, 0.717) is 24.3 Å². The van der Waals surface area contributed by atoms with E-state index in [0.717, 1.165) is 12.8 Å². The molecule has 0 radical (unpaired) electrons. The van der Waals surface area contributed by atoms with Gasteiger partial charge in [0.2, 0.25) is 0 Å². The minimum Gasteiger partial charge on any atom is -0.487 e. The van der Waals surface area contributed by atoms with Crippen LogP contribution < -0.4 is 4.74 Å². The second-order valence-corrected chi connectivity index (χ2v) is 5.17. The number of benzene rings is 1. The first kappa shape index (κ1) is 11.9. The average Bonchev–Trinajstić information content (AvgIpc) is 2.29. The van der Waals surface area contributed by atoms with E-state index in [1.54, 1.807) is 6.07 Å².